The maximum atomic E-state index is 5.89. The summed E-state index contributed by atoms with van der Waals surface area (Å²) < 4.78 is 11.8. The minimum atomic E-state index is -0.273. The molecule has 76 valence electrons. The van der Waals surface area contributed by atoms with Gasteiger partial charge in [-0.1, -0.05) is 27.2 Å². The Morgan fingerprint density at radius 1 is 1.15 bits per heavy atom. The van der Waals surface area contributed by atoms with Gasteiger partial charge in [0.05, 0.1) is 13.2 Å². The van der Waals surface area contributed by atoms with E-state index in [0.717, 1.165) is 13.2 Å². The van der Waals surface area contributed by atoms with Gasteiger partial charge in [0, 0.05) is 11.3 Å². The largest absolute Gasteiger partial charge is 0.347 e. The highest BCUT2D eigenvalue weighted by atomic mass is 16.7. The second kappa shape index (κ2) is 2.96. The highest BCUT2D eigenvalue weighted by Gasteiger charge is 2.55. The summed E-state index contributed by atoms with van der Waals surface area (Å²) in [5.74, 6) is 0.268. The Hall–Kier alpha value is -0.0800. The van der Waals surface area contributed by atoms with Crippen molar-refractivity contribution in [2.24, 2.45) is 11.3 Å². The standard InChI is InChI=1S/C11H20O2/c1-9-5-4-6-10(2,3)11(9)12-7-8-13-11/h9H,4-8H2,1-3H3. The fourth-order valence-corrected chi connectivity index (χ4v) is 2.98. The van der Waals surface area contributed by atoms with Gasteiger partial charge in [0.2, 0.25) is 0 Å². The van der Waals surface area contributed by atoms with Crippen molar-refractivity contribution in [1.82, 2.24) is 0 Å². The van der Waals surface area contributed by atoms with Crippen molar-refractivity contribution in [3.63, 3.8) is 0 Å². The summed E-state index contributed by atoms with van der Waals surface area (Å²) in [7, 11) is 0. The van der Waals surface area contributed by atoms with Crippen LogP contribution in [0.4, 0.5) is 0 Å². The third kappa shape index (κ3) is 1.23. The molecule has 1 heterocycles. The van der Waals surface area contributed by atoms with Crippen molar-refractivity contribution < 1.29 is 9.47 Å². The van der Waals surface area contributed by atoms with Gasteiger partial charge in [-0.2, -0.15) is 0 Å². The first-order chi connectivity index (χ1) is 6.08. The molecule has 0 aromatic rings. The third-order valence-corrected chi connectivity index (χ3v) is 3.75. The van der Waals surface area contributed by atoms with Gasteiger partial charge < -0.3 is 9.47 Å². The quantitative estimate of drug-likeness (QED) is 0.576. The van der Waals surface area contributed by atoms with Crippen LogP contribution in [0.25, 0.3) is 0 Å². The van der Waals surface area contributed by atoms with E-state index in [1.54, 1.807) is 0 Å². The van der Waals surface area contributed by atoms with E-state index in [0.29, 0.717) is 5.92 Å². The molecule has 2 fully saturated rings. The fourth-order valence-electron chi connectivity index (χ4n) is 2.98. The SMILES string of the molecule is CC1CCCC(C)(C)C12OCCO2. The summed E-state index contributed by atoms with van der Waals surface area (Å²) in [5.41, 5.74) is 0.182. The van der Waals surface area contributed by atoms with Crippen LogP contribution in [-0.4, -0.2) is 19.0 Å². The molecule has 1 saturated heterocycles. The monoisotopic (exact) mass is 184 g/mol. The molecule has 2 aliphatic rings. The molecular formula is C11H20O2. The molecule has 13 heavy (non-hydrogen) atoms. The van der Waals surface area contributed by atoms with Crippen LogP contribution < -0.4 is 0 Å². The topological polar surface area (TPSA) is 18.5 Å². The second-order valence-corrected chi connectivity index (χ2v) is 5.04. The van der Waals surface area contributed by atoms with Gasteiger partial charge in [-0.15, -0.1) is 0 Å². The molecule has 0 aromatic carbocycles. The summed E-state index contributed by atoms with van der Waals surface area (Å²) in [5, 5.41) is 0. The molecule has 1 atom stereocenters. The minimum absolute atomic E-state index is 0.182. The smallest absolute Gasteiger partial charge is 0.176 e. The Morgan fingerprint density at radius 2 is 1.77 bits per heavy atom. The molecule has 0 N–H and O–H groups in total. The van der Waals surface area contributed by atoms with E-state index < -0.39 is 0 Å². The van der Waals surface area contributed by atoms with Gasteiger partial charge >= 0.3 is 0 Å². The molecule has 1 unspecified atom stereocenters. The van der Waals surface area contributed by atoms with Crippen LogP contribution in [0.1, 0.15) is 40.0 Å². The van der Waals surface area contributed by atoms with Crippen molar-refractivity contribution in [3.05, 3.63) is 0 Å². The van der Waals surface area contributed by atoms with E-state index in [2.05, 4.69) is 20.8 Å². The second-order valence-electron chi connectivity index (χ2n) is 5.04. The van der Waals surface area contributed by atoms with Crippen LogP contribution in [0.15, 0.2) is 0 Å². The van der Waals surface area contributed by atoms with Crippen LogP contribution in [-0.2, 0) is 9.47 Å². The Morgan fingerprint density at radius 3 is 2.31 bits per heavy atom. The maximum absolute atomic E-state index is 5.89. The summed E-state index contributed by atoms with van der Waals surface area (Å²) in [6.07, 6.45) is 3.77. The van der Waals surface area contributed by atoms with Crippen molar-refractivity contribution in [2.45, 2.75) is 45.8 Å². The highest BCUT2D eigenvalue weighted by Crippen LogP contribution is 2.51. The molecule has 2 rings (SSSR count). The number of hydrogen-bond acceptors (Lipinski definition) is 2. The lowest BCUT2D eigenvalue weighted by molar-refractivity contribution is -0.272. The van der Waals surface area contributed by atoms with Crippen LogP contribution >= 0.6 is 0 Å². The van der Waals surface area contributed by atoms with Gasteiger partial charge in [0.25, 0.3) is 0 Å². The first-order valence-corrected chi connectivity index (χ1v) is 5.36. The average Bonchev–Trinajstić information content (AvgIpc) is 2.50. The van der Waals surface area contributed by atoms with Gasteiger partial charge in [-0.05, 0) is 12.8 Å². The van der Waals surface area contributed by atoms with E-state index in [-0.39, 0.29) is 11.2 Å². The Kier molecular flexibility index (Phi) is 2.16. The van der Waals surface area contributed by atoms with E-state index in [1.807, 2.05) is 0 Å². The molecule has 1 saturated carbocycles. The van der Waals surface area contributed by atoms with Crippen LogP contribution in [0, 0.1) is 11.3 Å². The molecule has 1 spiro atoms. The summed E-state index contributed by atoms with van der Waals surface area (Å²) in [6.45, 7) is 8.34. The van der Waals surface area contributed by atoms with Crippen LogP contribution in [0.2, 0.25) is 0 Å². The Balaban J connectivity index is 2.27. The zero-order valence-corrected chi connectivity index (χ0v) is 8.93. The van der Waals surface area contributed by atoms with E-state index >= 15 is 0 Å². The molecule has 2 heteroatoms. The molecule has 0 aromatic heterocycles. The van der Waals surface area contributed by atoms with Crippen molar-refractivity contribution in [2.75, 3.05) is 13.2 Å². The van der Waals surface area contributed by atoms with Crippen molar-refractivity contribution in [1.29, 1.82) is 0 Å². The normalized spacial score (nSPS) is 36.7. The zero-order chi connectivity index (χ0) is 9.53. The predicted octanol–water partition coefficient (Wildman–Crippen LogP) is 2.58. The van der Waals surface area contributed by atoms with Crippen LogP contribution in [0.5, 0.6) is 0 Å². The first-order valence-electron chi connectivity index (χ1n) is 5.36. The minimum Gasteiger partial charge on any atom is -0.347 e. The molecule has 0 radical (unpaired) electrons. The fraction of sp³-hybridized carbons (Fsp3) is 1.00. The predicted molar refractivity (Wildman–Crippen MR) is 51.4 cm³/mol. The number of ether oxygens (including phenoxy) is 2. The summed E-state index contributed by atoms with van der Waals surface area (Å²) >= 11 is 0. The zero-order valence-electron chi connectivity index (χ0n) is 8.93. The van der Waals surface area contributed by atoms with Gasteiger partial charge in [-0.3, -0.25) is 0 Å². The molecule has 0 bridgehead atoms. The molecular weight excluding hydrogens is 164 g/mol. The van der Waals surface area contributed by atoms with Crippen LogP contribution in [0.3, 0.4) is 0 Å². The molecule has 0 amide bonds. The van der Waals surface area contributed by atoms with Gasteiger partial charge in [-0.25, -0.2) is 0 Å². The van der Waals surface area contributed by atoms with Gasteiger partial charge in [0.1, 0.15) is 0 Å². The number of rotatable bonds is 0. The lowest BCUT2D eigenvalue weighted by Gasteiger charge is -2.49. The van der Waals surface area contributed by atoms with Crippen molar-refractivity contribution >= 4 is 0 Å². The molecule has 2 nitrogen and oxygen atoms in total. The average molecular weight is 184 g/mol. The van der Waals surface area contributed by atoms with Crippen molar-refractivity contribution in [3.8, 4) is 0 Å². The van der Waals surface area contributed by atoms with E-state index in [9.17, 15) is 0 Å². The number of hydrogen-bond donors (Lipinski definition) is 0. The maximum Gasteiger partial charge on any atom is 0.176 e. The highest BCUT2D eigenvalue weighted by molar-refractivity contribution is 4.96. The molecule has 1 aliphatic heterocycles. The van der Waals surface area contributed by atoms with E-state index in [4.69, 9.17) is 9.47 Å². The molecule has 1 aliphatic carbocycles. The third-order valence-electron chi connectivity index (χ3n) is 3.75. The lowest BCUT2D eigenvalue weighted by Crippen LogP contribution is -2.53. The van der Waals surface area contributed by atoms with E-state index in [1.165, 1.54) is 19.3 Å². The first kappa shape index (κ1) is 9.47. The summed E-state index contributed by atoms with van der Waals surface area (Å²) in [4.78, 5) is 0. The lowest BCUT2D eigenvalue weighted by atomic mass is 9.67. The Labute approximate surface area is 80.6 Å². The Bertz CT molecular complexity index is 192. The van der Waals surface area contributed by atoms with Gasteiger partial charge in [0.15, 0.2) is 5.79 Å². The summed E-state index contributed by atoms with van der Waals surface area (Å²) in [6, 6.07) is 0.